The van der Waals surface area contributed by atoms with Crippen molar-refractivity contribution in [2.75, 3.05) is 0 Å². The second-order valence-corrected chi connectivity index (χ2v) is 3.21. The van der Waals surface area contributed by atoms with Crippen LogP contribution in [0, 0.1) is 0 Å². The molecule has 0 heterocycles. The summed E-state index contributed by atoms with van der Waals surface area (Å²) in [5.74, 6) is 0. The molecule has 9 heavy (non-hydrogen) atoms. The van der Waals surface area contributed by atoms with Crippen molar-refractivity contribution in [2.45, 2.75) is 26.7 Å². The highest BCUT2D eigenvalue weighted by molar-refractivity contribution is 9.11. The Morgan fingerprint density at radius 3 is 2.56 bits per heavy atom. The average Bonchev–Trinajstić information content (AvgIpc) is 1.63. The first-order valence-electron chi connectivity index (χ1n) is 3.18. The monoisotopic (exact) mass is 188 g/mol. The molecule has 0 bridgehead atoms. The Hall–Kier alpha value is -0.0400. The molecule has 0 fully saturated rings. The molecule has 0 unspecified atom stereocenters. The lowest BCUT2D eigenvalue weighted by atomic mass is 10.2. The van der Waals surface area contributed by atoms with E-state index in [9.17, 15) is 0 Å². The van der Waals surface area contributed by atoms with E-state index in [-0.39, 0.29) is 0 Å². The van der Waals surface area contributed by atoms with Crippen molar-refractivity contribution in [3.05, 3.63) is 22.7 Å². The molecule has 0 aromatic rings. The molecule has 0 atom stereocenters. The van der Waals surface area contributed by atoms with Gasteiger partial charge in [-0.25, -0.2) is 0 Å². The zero-order chi connectivity index (χ0) is 7.28. The summed E-state index contributed by atoms with van der Waals surface area (Å²) < 4.78 is 1.25. The minimum Gasteiger partial charge on any atom is -0.0961 e. The number of hydrogen-bond acceptors (Lipinski definition) is 0. The largest absolute Gasteiger partial charge is 0.0961 e. The van der Waals surface area contributed by atoms with Gasteiger partial charge in [0.1, 0.15) is 0 Å². The van der Waals surface area contributed by atoms with Crippen molar-refractivity contribution in [1.29, 1.82) is 0 Å². The van der Waals surface area contributed by atoms with E-state index < -0.39 is 0 Å². The fraction of sp³-hybridized carbons (Fsp3) is 0.500. The smallest absolute Gasteiger partial charge is 0.00471 e. The topological polar surface area (TPSA) is 0 Å². The predicted molar refractivity (Wildman–Crippen MR) is 46.7 cm³/mol. The Labute approximate surface area is 65.8 Å². The predicted octanol–water partition coefficient (Wildman–Crippen LogP) is 3.64. The quantitative estimate of drug-likeness (QED) is 0.594. The van der Waals surface area contributed by atoms with Crippen LogP contribution in [0.4, 0.5) is 0 Å². The zero-order valence-corrected chi connectivity index (χ0v) is 7.66. The molecule has 1 heteroatoms. The highest BCUT2D eigenvalue weighted by Crippen LogP contribution is 2.13. The van der Waals surface area contributed by atoms with Crippen LogP contribution in [0.2, 0.25) is 0 Å². The maximum absolute atomic E-state index is 3.77. The minimum absolute atomic E-state index is 1.11. The molecule has 0 N–H and O–H groups in total. The number of rotatable bonds is 3. The van der Waals surface area contributed by atoms with Gasteiger partial charge >= 0.3 is 0 Å². The van der Waals surface area contributed by atoms with E-state index in [2.05, 4.69) is 35.5 Å². The van der Waals surface area contributed by atoms with Gasteiger partial charge in [-0.05, 0) is 23.9 Å². The lowest BCUT2D eigenvalue weighted by Gasteiger charge is -1.93. The number of allylic oxidation sites excluding steroid dienone is 3. The van der Waals surface area contributed by atoms with Crippen molar-refractivity contribution in [3.8, 4) is 0 Å². The van der Waals surface area contributed by atoms with E-state index >= 15 is 0 Å². The molecule has 0 aromatic heterocycles. The van der Waals surface area contributed by atoms with Crippen molar-refractivity contribution >= 4 is 15.9 Å². The van der Waals surface area contributed by atoms with Gasteiger partial charge in [0.15, 0.2) is 0 Å². The summed E-state index contributed by atoms with van der Waals surface area (Å²) in [4.78, 5) is 0. The van der Waals surface area contributed by atoms with Crippen molar-refractivity contribution in [2.24, 2.45) is 0 Å². The van der Waals surface area contributed by atoms with E-state index in [4.69, 9.17) is 0 Å². The Morgan fingerprint density at radius 2 is 2.22 bits per heavy atom. The number of hydrogen-bond donors (Lipinski definition) is 0. The molecule has 0 saturated carbocycles. The molecule has 0 aliphatic carbocycles. The number of halogens is 1. The molecule has 0 saturated heterocycles. The molecule has 0 aromatic carbocycles. The van der Waals surface area contributed by atoms with Crippen LogP contribution in [0.15, 0.2) is 22.7 Å². The van der Waals surface area contributed by atoms with Crippen LogP contribution in [0.25, 0.3) is 0 Å². The van der Waals surface area contributed by atoms with Crippen LogP contribution in [-0.4, -0.2) is 0 Å². The zero-order valence-electron chi connectivity index (χ0n) is 6.08. The molecule has 0 rings (SSSR count). The molecule has 0 nitrogen and oxygen atoms in total. The van der Waals surface area contributed by atoms with E-state index in [0.29, 0.717) is 0 Å². The summed E-state index contributed by atoms with van der Waals surface area (Å²) in [6.45, 7) is 7.93. The van der Waals surface area contributed by atoms with Crippen LogP contribution < -0.4 is 0 Å². The van der Waals surface area contributed by atoms with Crippen molar-refractivity contribution in [3.63, 3.8) is 0 Å². The lowest BCUT2D eigenvalue weighted by molar-refractivity contribution is 0.949. The van der Waals surface area contributed by atoms with Gasteiger partial charge in [0.25, 0.3) is 0 Å². The maximum atomic E-state index is 3.77. The maximum Gasteiger partial charge on any atom is -0.00471 e. The summed E-state index contributed by atoms with van der Waals surface area (Å²) in [7, 11) is 0. The Balaban J connectivity index is 3.69. The van der Waals surface area contributed by atoms with Gasteiger partial charge in [0.05, 0.1) is 0 Å². The highest BCUT2D eigenvalue weighted by atomic mass is 79.9. The SMILES string of the molecule is C=C(C)/C=C(/Br)CCC. The Morgan fingerprint density at radius 1 is 1.67 bits per heavy atom. The molecule has 52 valence electrons. The normalized spacial score (nSPS) is 11.7. The van der Waals surface area contributed by atoms with Crippen LogP contribution in [-0.2, 0) is 0 Å². The average molecular weight is 189 g/mol. The van der Waals surface area contributed by atoms with E-state index in [1.54, 1.807) is 0 Å². The first-order chi connectivity index (χ1) is 4.16. The minimum atomic E-state index is 1.11. The van der Waals surface area contributed by atoms with Gasteiger partial charge in [-0.3, -0.25) is 0 Å². The van der Waals surface area contributed by atoms with Gasteiger partial charge < -0.3 is 0 Å². The first kappa shape index (κ1) is 8.96. The summed E-state index contributed by atoms with van der Waals surface area (Å²) in [6, 6.07) is 0. The molecule has 0 aliphatic rings. The molecule has 0 spiro atoms. The molecule has 0 aliphatic heterocycles. The van der Waals surface area contributed by atoms with Gasteiger partial charge in [0.2, 0.25) is 0 Å². The lowest BCUT2D eigenvalue weighted by Crippen LogP contribution is -1.70. The molecule has 0 amide bonds. The highest BCUT2D eigenvalue weighted by Gasteiger charge is 1.87. The van der Waals surface area contributed by atoms with E-state index in [1.165, 1.54) is 10.9 Å². The van der Waals surface area contributed by atoms with Crippen LogP contribution in [0.3, 0.4) is 0 Å². The fourth-order valence-electron chi connectivity index (χ4n) is 0.578. The Kier molecular flexibility index (Phi) is 4.78. The summed E-state index contributed by atoms with van der Waals surface area (Å²) in [6.07, 6.45) is 4.36. The third-order valence-electron chi connectivity index (χ3n) is 0.892. The molecule has 0 radical (unpaired) electrons. The van der Waals surface area contributed by atoms with Crippen LogP contribution in [0.5, 0.6) is 0 Å². The van der Waals surface area contributed by atoms with Crippen molar-refractivity contribution < 1.29 is 0 Å². The van der Waals surface area contributed by atoms with Gasteiger partial charge in [-0.2, -0.15) is 0 Å². The van der Waals surface area contributed by atoms with Gasteiger partial charge in [-0.1, -0.05) is 41.4 Å². The van der Waals surface area contributed by atoms with E-state index in [0.717, 1.165) is 12.0 Å². The second-order valence-electron chi connectivity index (χ2n) is 2.19. The first-order valence-corrected chi connectivity index (χ1v) is 3.97. The second kappa shape index (κ2) is 4.80. The third kappa shape index (κ3) is 5.84. The summed E-state index contributed by atoms with van der Waals surface area (Å²) >= 11 is 3.44. The van der Waals surface area contributed by atoms with Crippen molar-refractivity contribution in [1.82, 2.24) is 0 Å². The summed E-state index contributed by atoms with van der Waals surface area (Å²) in [5, 5.41) is 0. The standard InChI is InChI=1S/C8H13Br/c1-4-5-8(9)6-7(2)3/h6H,2,4-5H2,1,3H3/b8-6+. The Bertz CT molecular complexity index is 123. The fourth-order valence-corrected chi connectivity index (χ4v) is 1.37. The van der Waals surface area contributed by atoms with Crippen LogP contribution >= 0.6 is 15.9 Å². The molecular weight excluding hydrogens is 176 g/mol. The summed E-state index contributed by atoms with van der Waals surface area (Å²) in [5.41, 5.74) is 1.11. The van der Waals surface area contributed by atoms with Gasteiger partial charge in [0, 0.05) is 0 Å². The van der Waals surface area contributed by atoms with Gasteiger partial charge in [-0.15, -0.1) is 0 Å². The van der Waals surface area contributed by atoms with Crippen LogP contribution in [0.1, 0.15) is 26.7 Å². The van der Waals surface area contributed by atoms with E-state index in [1.807, 2.05) is 6.92 Å². The third-order valence-corrected chi connectivity index (χ3v) is 1.52. The molecular formula is C8H13Br.